The Morgan fingerprint density at radius 3 is 2.20 bits per heavy atom. The summed E-state index contributed by atoms with van der Waals surface area (Å²) in [6, 6.07) is 2.75. The predicted molar refractivity (Wildman–Crippen MR) is 80.9 cm³/mol. The van der Waals surface area contributed by atoms with Crippen molar-refractivity contribution in [2.24, 2.45) is 0 Å². The molecule has 0 spiro atoms. The fourth-order valence-corrected chi connectivity index (χ4v) is 2.99. The minimum Gasteiger partial charge on any atom is -0.493 e. The molecular weight excluding hydrogens is 327 g/mol. The molecule has 0 saturated carbocycles. The van der Waals surface area contributed by atoms with Crippen molar-refractivity contribution in [1.29, 1.82) is 0 Å². The highest BCUT2D eigenvalue weighted by atomic mass is 35.5. The van der Waals surface area contributed by atoms with Crippen LogP contribution >= 0.6 is 24.0 Å². The standard InChI is InChI=1S/C11H17ClN2O4S.ClH/c1-13-4-5-14-19(15,16)11-7-10(18-3)9(17-2)6-8(11)12;/h6-7,13-14H,4-5H2,1-3H3;1H. The predicted octanol–water partition coefficient (Wildman–Crippen LogP) is 1.28. The van der Waals surface area contributed by atoms with Crippen LogP contribution in [0.25, 0.3) is 0 Å². The molecule has 0 aliphatic heterocycles. The third kappa shape index (κ3) is 4.68. The Balaban J connectivity index is 0.00000361. The normalized spacial score (nSPS) is 10.8. The van der Waals surface area contributed by atoms with Crippen LogP contribution in [-0.2, 0) is 10.0 Å². The van der Waals surface area contributed by atoms with E-state index in [0.29, 0.717) is 18.0 Å². The van der Waals surface area contributed by atoms with E-state index in [4.69, 9.17) is 21.1 Å². The highest BCUT2D eigenvalue weighted by Crippen LogP contribution is 2.35. The van der Waals surface area contributed by atoms with Crippen LogP contribution in [0.2, 0.25) is 5.02 Å². The van der Waals surface area contributed by atoms with Crippen LogP contribution in [0.4, 0.5) is 0 Å². The van der Waals surface area contributed by atoms with Gasteiger partial charge >= 0.3 is 0 Å². The van der Waals surface area contributed by atoms with Crippen LogP contribution < -0.4 is 19.5 Å². The summed E-state index contributed by atoms with van der Waals surface area (Å²) < 4.78 is 36.7. The lowest BCUT2D eigenvalue weighted by atomic mass is 10.3. The maximum Gasteiger partial charge on any atom is 0.242 e. The minimum absolute atomic E-state index is 0. The fraction of sp³-hybridized carbons (Fsp3) is 0.455. The van der Waals surface area contributed by atoms with E-state index in [0.717, 1.165) is 0 Å². The lowest BCUT2D eigenvalue weighted by molar-refractivity contribution is 0.354. The van der Waals surface area contributed by atoms with Crippen LogP contribution in [0.5, 0.6) is 11.5 Å². The number of methoxy groups -OCH3 is 2. The maximum atomic E-state index is 12.1. The molecule has 20 heavy (non-hydrogen) atoms. The first-order chi connectivity index (χ1) is 8.96. The molecule has 0 atom stereocenters. The third-order valence-corrected chi connectivity index (χ3v) is 4.32. The van der Waals surface area contributed by atoms with E-state index in [1.165, 1.54) is 26.4 Å². The molecule has 0 bridgehead atoms. The van der Waals surface area contributed by atoms with Gasteiger partial charge in [-0.2, -0.15) is 0 Å². The number of ether oxygens (including phenoxy) is 2. The van der Waals surface area contributed by atoms with E-state index in [-0.39, 0.29) is 28.9 Å². The molecule has 0 radical (unpaired) electrons. The minimum atomic E-state index is -3.68. The van der Waals surface area contributed by atoms with E-state index < -0.39 is 10.0 Å². The Kier molecular flexibility index (Phi) is 8.22. The van der Waals surface area contributed by atoms with Gasteiger partial charge in [-0.25, -0.2) is 13.1 Å². The van der Waals surface area contributed by atoms with E-state index >= 15 is 0 Å². The second-order valence-corrected chi connectivity index (χ2v) is 5.78. The molecule has 6 nitrogen and oxygen atoms in total. The van der Waals surface area contributed by atoms with E-state index in [9.17, 15) is 8.42 Å². The number of sulfonamides is 1. The van der Waals surface area contributed by atoms with Gasteiger partial charge in [0.2, 0.25) is 10.0 Å². The third-order valence-electron chi connectivity index (χ3n) is 2.39. The van der Waals surface area contributed by atoms with Crippen molar-refractivity contribution >= 4 is 34.0 Å². The van der Waals surface area contributed by atoms with Crippen molar-refractivity contribution in [3.05, 3.63) is 17.2 Å². The second-order valence-electron chi connectivity index (χ2n) is 3.64. The van der Waals surface area contributed by atoms with Gasteiger partial charge in [0.05, 0.1) is 19.2 Å². The lowest BCUT2D eigenvalue weighted by Gasteiger charge is -2.12. The van der Waals surface area contributed by atoms with Crippen LogP contribution in [0.3, 0.4) is 0 Å². The summed E-state index contributed by atoms with van der Waals surface area (Å²) in [6.07, 6.45) is 0. The maximum absolute atomic E-state index is 12.1. The number of rotatable bonds is 7. The van der Waals surface area contributed by atoms with E-state index in [1.54, 1.807) is 7.05 Å². The Morgan fingerprint density at radius 2 is 1.70 bits per heavy atom. The van der Waals surface area contributed by atoms with Gasteiger partial charge in [0, 0.05) is 25.2 Å². The first-order valence-electron chi connectivity index (χ1n) is 5.52. The summed E-state index contributed by atoms with van der Waals surface area (Å²) >= 11 is 5.96. The molecule has 0 unspecified atom stereocenters. The van der Waals surface area contributed by atoms with Crippen molar-refractivity contribution in [3.8, 4) is 11.5 Å². The van der Waals surface area contributed by atoms with E-state index in [2.05, 4.69) is 10.0 Å². The van der Waals surface area contributed by atoms with Gasteiger partial charge in [-0.15, -0.1) is 12.4 Å². The molecule has 0 aliphatic carbocycles. The van der Waals surface area contributed by atoms with Crippen LogP contribution in [-0.4, -0.2) is 42.8 Å². The first kappa shape index (κ1) is 19.3. The van der Waals surface area contributed by atoms with Gasteiger partial charge in [-0.05, 0) is 7.05 Å². The molecule has 0 amide bonds. The number of halogens is 2. The van der Waals surface area contributed by atoms with Crippen molar-refractivity contribution in [2.75, 3.05) is 34.4 Å². The molecular formula is C11H18Cl2N2O4S. The molecule has 1 aromatic carbocycles. The monoisotopic (exact) mass is 344 g/mol. The highest BCUT2D eigenvalue weighted by molar-refractivity contribution is 7.89. The van der Waals surface area contributed by atoms with Crippen molar-refractivity contribution in [2.45, 2.75) is 4.90 Å². The fourth-order valence-electron chi connectivity index (χ4n) is 1.43. The average molecular weight is 345 g/mol. The number of benzene rings is 1. The van der Waals surface area contributed by atoms with Crippen molar-refractivity contribution in [3.63, 3.8) is 0 Å². The molecule has 116 valence electrons. The molecule has 1 rings (SSSR count). The lowest BCUT2D eigenvalue weighted by Crippen LogP contribution is -2.30. The highest BCUT2D eigenvalue weighted by Gasteiger charge is 2.20. The van der Waals surface area contributed by atoms with Gasteiger partial charge in [0.1, 0.15) is 4.90 Å². The summed E-state index contributed by atoms with van der Waals surface area (Å²) in [6.45, 7) is 0.785. The zero-order valence-corrected chi connectivity index (χ0v) is 13.8. The second kappa shape index (κ2) is 8.53. The van der Waals surface area contributed by atoms with Crippen LogP contribution in [0.15, 0.2) is 17.0 Å². The van der Waals surface area contributed by atoms with Crippen molar-refractivity contribution in [1.82, 2.24) is 10.0 Å². The molecule has 0 saturated heterocycles. The Morgan fingerprint density at radius 1 is 1.15 bits per heavy atom. The molecule has 0 aromatic heterocycles. The summed E-state index contributed by atoms with van der Waals surface area (Å²) in [5, 5.41) is 2.92. The summed E-state index contributed by atoms with van der Waals surface area (Å²) in [7, 11) is 0.935. The molecule has 0 fully saturated rings. The molecule has 0 aliphatic rings. The van der Waals surface area contributed by atoms with Gasteiger partial charge in [0.15, 0.2) is 11.5 Å². The van der Waals surface area contributed by atoms with Gasteiger partial charge in [-0.1, -0.05) is 11.6 Å². The number of likely N-dealkylation sites (N-methyl/N-ethyl adjacent to an activating group) is 1. The zero-order chi connectivity index (χ0) is 14.5. The quantitative estimate of drug-likeness (QED) is 0.728. The SMILES string of the molecule is CNCCNS(=O)(=O)c1cc(OC)c(OC)cc1Cl.Cl. The van der Waals surface area contributed by atoms with Crippen molar-refractivity contribution < 1.29 is 17.9 Å². The molecule has 9 heteroatoms. The molecule has 2 N–H and O–H groups in total. The Bertz CT molecular complexity index is 537. The van der Waals surface area contributed by atoms with Gasteiger partial charge < -0.3 is 14.8 Å². The van der Waals surface area contributed by atoms with E-state index in [1.807, 2.05) is 0 Å². The topological polar surface area (TPSA) is 76.7 Å². The van der Waals surface area contributed by atoms with Crippen LogP contribution in [0, 0.1) is 0 Å². The molecule has 1 aromatic rings. The Labute approximate surface area is 130 Å². The average Bonchev–Trinajstić information content (AvgIpc) is 2.38. The van der Waals surface area contributed by atoms with Gasteiger partial charge in [0.25, 0.3) is 0 Å². The zero-order valence-electron chi connectivity index (χ0n) is 11.4. The summed E-state index contributed by atoms with van der Waals surface area (Å²) in [4.78, 5) is -0.0390. The largest absolute Gasteiger partial charge is 0.493 e. The van der Waals surface area contributed by atoms with Crippen LogP contribution in [0.1, 0.15) is 0 Å². The Hall–Kier alpha value is -0.730. The summed E-state index contributed by atoms with van der Waals surface area (Å²) in [5.41, 5.74) is 0. The van der Waals surface area contributed by atoms with Gasteiger partial charge in [-0.3, -0.25) is 0 Å². The summed E-state index contributed by atoms with van der Waals surface area (Å²) in [5.74, 6) is 0.683. The number of hydrogen-bond donors (Lipinski definition) is 2. The first-order valence-corrected chi connectivity index (χ1v) is 7.38. The number of hydrogen-bond acceptors (Lipinski definition) is 5. The smallest absolute Gasteiger partial charge is 0.242 e. The number of nitrogens with one attached hydrogen (secondary N) is 2. The molecule has 0 heterocycles.